The molecular formula is C11H18N2OS. The zero-order valence-electron chi connectivity index (χ0n) is 9.16. The van der Waals surface area contributed by atoms with E-state index < -0.39 is 0 Å². The van der Waals surface area contributed by atoms with Gasteiger partial charge in [-0.1, -0.05) is 13.0 Å². The molecule has 0 spiro atoms. The van der Waals surface area contributed by atoms with Crippen molar-refractivity contribution in [3.8, 4) is 0 Å². The van der Waals surface area contributed by atoms with Gasteiger partial charge in [-0.05, 0) is 12.8 Å². The molecule has 0 aromatic carbocycles. The summed E-state index contributed by atoms with van der Waals surface area (Å²) >= 11 is 1.65. The number of ether oxygens (including phenoxy) is 1. The predicted octanol–water partition coefficient (Wildman–Crippen LogP) is 2.71. The van der Waals surface area contributed by atoms with E-state index in [2.05, 4.69) is 29.2 Å². The Balaban J connectivity index is 2.06. The summed E-state index contributed by atoms with van der Waals surface area (Å²) in [6, 6.07) is 0. The molecule has 15 heavy (non-hydrogen) atoms. The molecule has 0 aliphatic carbocycles. The van der Waals surface area contributed by atoms with E-state index in [0.717, 1.165) is 43.4 Å². The number of hydrogen-bond donors (Lipinski definition) is 1. The van der Waals surface area contributed by atoms with Crippen molar-refractivity contribution in [3.63, 3.8) is 0 Å². The van der Waals surface area contributed by atoms with Crippen LogP contribution in [0.1, 0.15) is 19.0 Å². The fourth-order valence-corrected chi connectivity index (χ4v) is 1.87. The van der Waals surface area contributed by atoms with Crippen LogP contribution in [0, 0.1) is 0 Å². The van der Waals surface area contributed by atoms with E-state index in [-0.39, 0.29) is 0 Å². The Morgan fingerprint density at radius 1 is 1.60 bits per heavy atom. The molecule has 0 aliphatic rings. The van der Waals surface area contributed by atoms with Crippen molar-refractivity contribution >= 4 is 16.5 Å². The van der Waals surface area contributed by atoms with E-state index in [0.29, 0.717) is 0 Å². The maximum absolute atomic E-state index is 5.37. The van der Waals surface area contributed by atoms with E-state index in [1.807, 2.05) is 6.08 Å². The highest BCUT2D eigenvalue weighted by atomic mass is 32.1. The highest BCUT2D eigenvalue weighted by Gasteiger charge is 1.98. The number of aryl methyl sites for hydroxylation is 1. The Labute approximate surface area is 95.2 Å². The lowest BCUT2D eigenvalue weighted by Crippen LogP contribution is -2.09. The Kier molecular flexibility index (Phi) is 6.04. The van der Waals surface area contributed by atoms with E-state index >= 15 is 0 Å². The SMILES string of the molecule is C=CCCOCCNc1nc(CC)cs1. The molecule has 0 aliphatic heterocycles. The summed E-state index contributed by atoms with van der Waals surface area (Å²) in [7, 11) is 0. The first-order valence-electron chi connectivity index (χ1n) is 5.23. The van der Waals surface area contributed by atoms with Crippen LogP contribution in [-0.2, 0) is 11.2 Å². The van der Waals surface area contributed by atoms with Crippen molar-refractivity contribution in [2.45, 2.75) is 19.8 Å². The van der Waals surface area contributed by atoms with E-state index in [4.69, 9.17) is 4.74 Å². The van der Waals surface area contributed by atoms with Crippen LogP contribution in [0.25, 0.3) is 0 Å². The zero-order valence-corrected chi connectivity index (χ0v) is 9.98. The summed E-state index contributed by atoms with van der Waals surface area (Å²) in [5, 5.41) is 6.30. The van der Waals surface area contributed by atoms with Crippen molar-refractivity contribution in [3.05, 3.63) is 23.7 Å². The smallest absolute Gasteiger partial charge is 0.182 e. The van der Waals surface area contributed by atoms with Gasteiger partial charge < -0.3 is 10.1 Å². The molecule has 1 N–H and O–H groups in total. The van der Waals surface area contributed by atoms with Gasteiger partial charge in [-0.15, -0.1) is 17.9 Å². The van der Waals surface area contributed by atoms with E-state index in [1.54, 1.807) is 11.3 Å². The summed E-state index contributed by atoms with van der Waals surface area (Å²) in [5.41, 5.74) is 1.15. The highest BCUT2D eigenvalue weighted by molar-refractivity contribution is 7.13. The van der Waals surface area contributed by atoms with E-state index in [1.165, 1.54) is 0 Å². The first-order valence-corrected chi connectivity index (χ1v) is 6.11. The van der Waals surface area contributed by atoms with Crippen LogP contribution in [0.2, 0.25) is 0 Å². The molecule has 4 heteroatoms. The maximum Gasteiger partial charge on any atom is 0.182 e. The average molecular weight is 226 g/mol. The van der Waals surface area contributed by atoms with Crippen molar-refractivity contribution in [2.24, 2.45) is 0 Å². The molecule has 84 valence electrons. The lowest BCUT2D eigenvalue weighted by atomic mass is 10.4. The second-order valence-electron chi connectivity index (χ2n) is 3.11. The minimum absolute atomic E-state index is 0.717. The normalized spacial score (nSPS) is 10.2. The lowest BCUT2D eigenvalue weighted by Gasteiger charge is -2.03. The zero-order chi connectivity index (χ0) is 10.9. The topological polar surface area (TPSA) is 34.1 Å². The van der Waals surface area contributed by atoms with Crippen LogP contribution in [0.5, 0.6) is 0 Å². The second kappa shape index (κ2) is 7.43. The van der Waals surface area contributed by atoms with Gasteiger partial charge in [-0.25, -0.2) is 4.98 Å². The van der Waals surface area contributed by atoms with Gasteiger partial charge in [0, 0.05) is 11.9 Å². The molecular weight excluding hydrogens is 208 g/mol. The van der Waals surface area contributed by atoms with Crippen LogP contribution >= 0.6 is 11.3 Å². The van der Waals surface area contributed by atoms with Gasteiger partial charge in [0.15, 0.2) is 5.13 Å². The maximum atomic E-state index is 5.37. The fraction of sp³-hybridized carbons (Fsp3) is 0.545. The standard InChI is InChI=1S/C11H18N2OS/c1-3-5-7-14-8-6-12-11-13-10(4-2)9-15-11/h3,9H,1,4-8H2,2H3,(H,12,13). The van der Waals surface area contributed by atoms with Crippen molar-refractivity contribution in [2.75, 3.05) is 25.1 Å². The Bertz CT molecular complexity index is 286. The third-order valence-corrected chi connectivity index (χ3v) is 2.75. The van der Waals surface area contributed by atoms with Gasteiger partial charge in [0.2, 0.25) is 0 Å². The fourth-order valence-electron chi connectivity index (χ4n) is 1.05. The number of nitrogens with zero attached hydrogens (tertiary/aromatic N) is 1. The average Bonchev–Trinajstić information content (AvgIpc) is 2.71. The number of aromatic nitrogens is 1. The molecule has 0 unspecified atom stereocenters. The molecule has 0 atom stereocenters. The highest BCUT2D eigenvalue weighted by Crippen LogP contribution is 2.14. The van der Waals surface area contributed by atoms with Gasteiger partial charge in [0.25, 0.3) is 0 Å². The molecule has 1 rings (SSSR count). The van der Waals surface area contributed by atoms with Crippen LogP contribution in [0.3, 0.4) is 0 Å². The molecule has 0 saturated carbocycles. The van der Waals surface area contributed by atoms with E-state index in [9.17, 15) is 0 Å². The summed E-state index contributed by atoms with van der Waals surface area (Å²) in [6.45, 7) is 8.03. The van der Waals surface area contributed by atoms with Crippen molar-refractivity contribution in [1.29, 1.82) is 0 Å². The third-order valence-electron chi connectivity index (χ3n) is 1.90. The number of hydrogen-bond acceptors (Lipinski definition) is 4. The van der Waals surface area contributed by atoms with Gasteiger partial charge in [0.05, 0.1) is 18.9 Å². The minimum atomic E-state index is 0.717. The number of anilines is 1. The molecule has 0 saturated heterocycles. The summed E-state index contributed by atoms with van der Waals surface area (Å²) in [6.07, 6.45) is 3.77. The number of rotatable bonds is 8. The summed E-state index contributed by atoms with van der Waals surface area (Å²) in [4.78, 5) is 4.40. The Hall–Kier alpha value is -0.870. The molecule has 0 amide bonds. The number of nitrogens with one attached hydrogen (secondary N) is 1. The van der Waals surface area contributed by atoms with Crippen LogP contribution in [0.15, 0.2) is 18.0 Å². The minimum Gasteiger partial charge on any atom is -0.379 e. The number of thiazole rings is 1. The van der Waals surface area contributed by atoms with Gasteiger partial charge in [-0.3, -0.25) is 0 Å². The predicted molar refractivity (Wildman–Crippen MR) is 65.6 cm³/mol. The summed E-state index contributed by atoms with van der Waals surface area (Å²) < 4.78 is 5.37. The molecule has 0 radical (unpaired) electrons. The molecule has 0 fully saturated rings. The monoisotopic (exact) mass is 226 g/mol. The molecule has 3 nitrogen and oxygen atoms in total. The largest absolute Gasteiger partial charge is 0.379 e. The van der Waals surface area contributed by atoms with Crippen LogP contribution < -0.4 is 5.32 Å². The van der Waals surface area contributed by atoms with Gasteiger partial charge in [0.1, 0.15) is 0 Å². The lowest BCUT2D eigenvalue weighted by molar-refractivity contribution is 0.149. The van der Waals surface area contributed by atoms with Crippen LogP contribution in [-0.4, -0.2) is 24.7 Å². The second-order valence-corrected chi connectivity index (χ2v) is 3.97. The molecule has 1 aromatic rings. The Morgan fingerprint density at radius 3 is 3.13 bits per heavy atom. The van der Waals surface area contributed by atoms with Crippen molar-refractivity contribution < 1.29 is 4.74 Å². The van der Waals surface area contributed by atoms with Crippen molar-refractivity contribution in [1.82, 2.24) is 4.98 Å². The Morgan fingerprint density at radius 2 is 2.47 bits per heavy atom. The first kappa shape index (κ1) is 12.2. The van der Waals surface area contributed by atoms with Gasteiger partial charge >= 0.3 is 0 Å². The quantitative estimate of drug-likeness (QED) is 0.546. The molecule has 1 heterocycles. The first-order chi connectivity index (χ1) is 7.36. The van der Waals surface area contributed by atoms with Gasteiger partial charge in [-0.2, -0.15) is 0 Å². The van der Waals surface area contributed by atoms with Crippen LogP contribution in [0.4, 0.5) is 5.13 Å². The summed E-state index contributed by atoms with van der Waals surface area (Å²) in [5.74, 6) is 0. The third kappa shape index (κ3) is 4.95. The molecule has 1 aromatic heterocycles. The molecule has 0 bridgehead atoms.